The number of carbonyl (C=O) groups excluding carboxylic acids is 3. The molecule has 1 amide bonds. The van der Waals surface area contributed by atoms with Gasteiger partial charge >= 0.3 is 11.9 Å². The van der Waals surface area contributed by atoms with E-state index in [4.69, 9.17) is 9.47 Å². The number of amides is 1. The van der Waals surface area contributed by atoms with Crippen molar-refractivity contribution in [2.75, 3.05) is 19.0 Å². The molecule has 1 aliphatic rings. The number of esters is 2. The van der Waals surface area contributed by atoms with E-state index < -0.39 is 24.5 Å². The van der Waals surface area contributed by atoms with Gasteiger partial charge in [0.25, 0.3) is 5.91 Å². The van der Waals surface area contributed by atoms with E-state index in [1.807, 2.05) is 24.3 Å². The third-order valence-corrected chi connectivity index (χ3v) is 6.68. The zero-order valence-corrected chi connectivity index (χ0v) is 19.7. The van der Waals surface area contributed by atoms with Crippen LogP contribution in [0, 0.1) is 5.92 Å². The molecule has 0 spiro atoms. The highest BCUT2D eigenvalue weighted by Crippen LogP contribution is 2.40. The molecule has 1 aliphatic carbocycles. The average molecular weight is 456 g/mol. The van der Waals surface area contributed by atoms with E-state index in [0.29, 0.717) is 22.4 Å². The van der Waals surface area contributed by atoms with Crippen LogP contribution in [0.2, 0.25) is 0 Å². The smallest absolute Gasteiger partial charge is 0.341 e. The predicted molar refractivity (Wildman–Crippen MR) is 126 cm³/mol. The maximum absolute atomic E-state index is 12.4. The zero-order valence-electron chi connectivity index (χ0n) is 18.9. The Hall–Kier alpha value is -2.93. The lowest BCUT2D eigenvalue weighted by Crippen LogP contribution is -2.21. The molecule has 170 valence electrons. The Kier molecular flexibility index (Phi) is 7.85. The van der Waals surface area contributed by atoms with Crippen molar-refractivity contribution in [3.8, 4) is 0 Å². The number of nitrogens with one attached hydrogen (secondary N) is 1. The number of thiophene rings is 1. The van der Waals surface area contributed by atoms with E-state index in [0.717, 1.165) is 35.3 Å². The summed E-state index contributed by atoms with van der Waals surface area (Å²) in [6.07, 6.45) is 5.59. The van der Waals surface area contributed by atoms with Gasteiger partial charge in [0.15, 0.2) is 6.61 Å². The minimum absolute atomic E-state index is 0.420. The molecule has 1 unspecified atom stereocenters. The summed E-state index contributed by atoms with van der Waals surface area (Å²) in [6.45, 7) is 5.97. The van der Waals surface area contributed by atoms with Crippen molar-refractivity contribution < 1.29 is 23.9 Å². The first-order valence-corrected chi connectivity index (χ1v) is 11.6. The number of anilines is 1. The molecule has 2 aromatic rings. The van der Waals surface area contributed by atoms with Crippen LogP contribution in [-0.2, 0) is 31.9 Å². The van der Waals surface area contributed by atoms with Crippen LogP contribution in [0.4, 0.5) is 5.00 Å². The third kappa shape index (κ3) is 5.85. The lowest BCUT2D eigenvalue weighted by atomic mass is 9.88. The molecule has 1 aromatic heterocycles. The molecule has 7 heteroatoms. The van der Waals surface area contributed by atoms with Crippen molar-refractivity contribution in [2.24, 2.45) is 5.92 Å². The van der Waals surface area contributed by atoms with Gasteiger partial charge in [0.2, 0.25) is 0 Å². The number of carbonyl (C=O) groups is 3. The largest absolute Gasteiger partial charge is 0.465 e. The van der Waals surface area contributed by atoms with E-state index in [1.54, 1.807) is 6.08 Å². The number of hydrogen-bond acceptors (Lipinski definition) is 6. The van der Waals surface area contributed by atoms with Crippen LogP contribution in [-0.4, -0.2) is 31.6 Å². The maximum atomic E-state index is 12.4. The second kappa shape index (κ2) is 10.6. The van der Waals surface area contributed by atoms with Crippen LogP contribution in [0.3, 0.4) is 0 Å². The van der Waals surface area contributed by atoms with Crippen LogP contribution in [0.25, 0.3) is 6.08 Å². The minimum atomic E-state index is -0.611. The first-order chi connectivity index (χ1) is 15.3. The number of ether oxygens (including phenoxy) is 2. The van der Waals surface area contributed by atoms with Gasteiger partial charge in [-0.2, -0.15) is 0 Å². The van der Waals surface area contributed by atoms with Crippen molar-refractivity contribution in [2.45, 2.75) is 46.0 Å². The molecule has 6 nitrogen and oxygen atoms in total. The van der Waals surface area contributed by atoms with Gasteiger partial charge in [-0.05, 0) is 53.9 Å². The SMILES string of the molecule is COC(=O)c1c(NC(=O)COC(=O)C=Cc2ccc(C(C)C)cc2)sc2c1CCC(C)C2. The van der Waals surface area contributed by atoms with Crippen molar-refractivity contribution in [1.29, 1.82) is 0 Å². The van der Waals surface area contributed by atoms with Crippen molar-refractivity contribution in [3.05, 3.63) is 57.5 Å². The Morgan fingerprint density at radius 1 is 1.22 bits per heavy atom. The van der Waals surface area contributed by atoms with E-state index >= 15 is 0 Å². The zero-order chi connectivity index (χ0) is 23.3. The molecule has 1 aromatic carbocycles. The number of fused-ring (bicyclic) bond motifs is 1. The lowest BCUT2D eigenvalue weighted by Gasteiger charge is -2.18. The summed E-state index contributed by atoms with van der Waals surface area (Å²) in [5, 5.41) is 3.18. The Labute approximate surface area is 192 Å². The van der Waals surface area contributed by atoms with Gasteiger partial charge < -0.3 is 14.8 Å². The molecular weight excluding hydrogens is 426 g/mol. The monoisotopic (exact) mass is 455 g/mol. The summed E-state index contributed by atoms with van der Waals surface area (Å²) >= 11 is 1.40. The van der Waals surface area contributed by atoms with Crippen LogP contribution < -0.4 is 5.32 Å². The van der Waals surface area contributed by atoms with Crippen molar-refractivity contribution >= 4 is 40.3 Å². The van der Waals surface area contributed by atoms with Gasteiger partial charge in [-0.3, -0.25) is 4.79 Å². The van der Waals surface area contributed by atoms with E-state index in [9.17, 15) is 14.4 Å². The summed E-state index contributed by atoms with van der Waals surface area (Å²) in [7, 11) is 1.33. The molecule has 0 aliphatic heterocycles. The van der Waals surface area contributed by atoms with E-state index in [-0.39, 0.29) is 0 Å². The molecule has 1 atom stereocenters. The maximum Gasteiger partial charge on any atom is 0.341 e. The second-order valence-electron chi connectivity index (χ2n) is 8.36. The topological polar surface area (TPSA) is 81.7 Å². The van der Waals surface area contributed by atoms with Gasteiger partial charge in [-0.1, -0.05) is 45.0 Å². The van der Waals surface area contributed by atoms with Crippen LogP contribution >= 0.6 is 11.3 Å². The molecule has 3 rings (SSSR count). The average Bonchev–Trinajstić information content (AvgIpc) is 3.12. The van der Waals surface area contributed by atoms with Gasteiger partial charge in [0.05, 0.1) is 12.7 Å². The lowest BCUT2D eigenvalue weighted by molar-refractivity contribution is -0.142. The minimum Gasteiger partial charge on any atom is -0.465 e. The quantitative estimate of drug-likeness (QED) is 0.470. The van der Waals surface area contributed by atoms with Crippen LogP contribution in [0.15, 0.2) is 30.3 Å². The fourth-order valence-corrected chi connectivity index (χ4v) is 5.08. The summed E-state index contributed by atoms with van der Waals surface area (Å²) in [5.74, 6) is -0.598. The summed E-state index contributed by atoms with van der Waals surface area (Å²) in [4.78, 5) is 37.8. The highest BCUT2D eigenvalue weighted by atomic mass is 32.1. The molecule has 1 N–H and O–H groups in total. The Balaban J connectivity index is 1.59. The number of hydrogen-bond donors (Lipinski definition) is 1. The van der Waals surface area contributed by atoms with Gasteiger partial charge in [-0.25, -0.2) is 9.59 Å². The van der Waals surface area contributed by atoms with E-state index in [1.165, 1.54) is 30.1 Å². The Morgan fingerprint density at radius 2 is 1.94 bits per heavy atom. The predicted octanol–water partition coefficient (Wildman–Crippen LogP) is 4.98. The molecule has 0 radical (unpaired) electrons. The number of rotatable bonds is 7. The molecule has 0 bridgehead atoms. The molecule has 0 fully saturated rings. The summed E-state index contributed by atoms with van der Waals surface area (Å²) in [5.41, 5.74) is 3.47. The summed E-state index contributed by atoms with van der Waals surface area (Å²) in [6, 6.07) is 7.89. The highest BCUT2D eigenvalue weighted by molar-refractivity contribution is 7.17. The Morgan fingerprint density at radius 3 is 2.59 bits per heavy atom. The van der Waals surface area contributed by atoms with Gasteiger partial charge in [0.1, 0.15) is 5.00 Å². The van der Waals surface area contributed by atoms with Crippen LogP contribution in [0.5, 0.6) is 0 Å². The fraction of sp³-hybridized carbons (Fsp3) is 0.400. The number of benzene rings is 1. The molecule has 0 saturated carbocycles. The van der Waals surface area contributed by atoms with Crippen LogP contribution in [0.1, 0.15) is 65.0 Å². The third-order valence-electron chi connectivity index (χ3n) is 5.51. The number of methoxy groups -OCH3 is 1. The molecular formula is C25H29NO5S. The van der Waals surface area contributed by atoms with Gasteiger partial charge in [0, 0.05) is 11.0 Å². The fourth-order valence-electron chi connectivity index (χ4n) is 3.66. The second-order valence-corrected chi connectivity index (χ2v) is 9.46. The highest BCUT2D eigenvalue weighted by Gasteiger charge is 2.28. The van der Waals surface area contributed by atoms with Crippen molar-refractivity contribution in [3.63, 3.8) is 0 Å². The molecule has 0 saturated heterocycles. The van der Waals surface area contributed by atoms with Gasteiger partial charge in [-0.15, -0.1) is 11.3 Å². The standard InChI is InChI=1S/C25H29NO5S/c1-15(2)18-9-6-17(7-10-18)8-12-22(28)31-14-21(27)26-24-23(25(29)30-4)19-11-5-16(3)13-20(19)32-24/h6-10,12,15-16H,5,11,13-14H2,1-4H3,(H,26,27). The summed E-state index contributed by atoms with van der Waals surface area (Å²) < 4.78 is 9.98. The molecule has 32 heavy (non-hydrogen) atoms. The first kappa shape index (κ1) is 23.7. The molecule has 1 heterocycles. The van der Waals surface area contributed by atoms with E-state index in [2.05, 4.69) is 26.1 Å². The van der Waals surface area contributed by atoms with Crippen molar-refractivity contribution in [1.82, 2.24) is 0 Å². The normalized spacial score (nSPS) is 15.5. The first-order valence-electron chi connectivity index (χ1n) is 10.8. The Bertz CT molecular complexity index is 1020.